The zero-order chi connectivity index (χ0) is 17.3. The summed E-state index contributed by atoms with van der Waals surface area (Å²) in [5.74, 6) is 1.61. The van der Waals surface area contributed by atoms with Crippen LogP contribution >= 0.6 is 22.6 Å². The van der Waals surface area contributed by atoms with Crippen LogP contribution in [0.4, 0.5) is 0 Å². The molecule has 0 heterocycles. The summed E-state index contributed by atoms with van der Waals surface area (Å²) in [6.45, 7) is 16.0. The molecule has 0 nitrogen and oxygen atoms in total. The van der Waals surface area contributed by atoms with E-state index in [2.05, 4.69) is 101 Å². The van der Waals surface area contributed by atoms with Gasteiger partial charge in [-0.1, -0.05) is 77.4 Å². The number of hydrogen-bond acceptors (Lipinski definition) is 0. The number of benzene rings is 2. The average Bonchev–Trinajstić information content (AvgIpc) is 2.46. The highest BCUT2D eigenvalue weighted by atomic mass is 127. The molecule has 0 fully saturated rings. The van der Waals surface area contributed by atoms with E-state index in [0.29, 0.717) is 17.8 Å². The third-order valence-electron chi connectivity index (χ3n) is 4.52. The summed E-state index contributed by atoms with van der Waals surface area (Å²) < 4.78 is 1.45. The maximum absolute atomic E-state index is 2.57. The lowest BCUT2D eigenvalue weighted by Crippen LogP contribution is -2.07. The molecule has 0 aliphatic carbocycles. The molecule has 0 unspecified atom stereocenters. The zero-order valence-electron chi connectivity index (χ0n) is 15.5. The molecule has 124 valence electrons. The molecule has 0 saturated heterocycles. The second kappa shape index (κ2) is 7.38. The van der Waals surface area contributed by atoms with Crippen molar-refractivity contribution in [3.05, 3.63) is 56.2 Å². The van der Waals surface area contributed by atoms with E-state index in [0.717, 1.165) is 0 Å². The fourth-order valence-electron chi connectivity index (χ4n) is 3.18. The molecule has 23 heavy (non-hydrogen) atoms. The van der Waals surface area contributed by atoms with Gasteiger partial charge in [0.1, 0.15) is 0 Å². The first-order valence-electron chi connectivity index (χ1n) is 8.67. The highest BCUT2D eigenvalue weighted by Gasteiger charge is 2.22. The van der Waals surface area contributed by atoms with Crippen LogP contribution < -0.4 is 0 Å². The second-order valence-electron chi connectivity index (χ2n) is 7.49. The van der Waals surface area contributed by atoms with E-state index in [4.69, 9.17) is 0 Å². The topological polar surface area (TPSA) is 0 Å². The maximum Gasteiger partial charge on any atom is 0.0206 e. The van der Waals surface area contributed by atoms with Crippen LogP contribution in [-0.2, 0) is 0 Å². The number of rotatable bonds is 4. The molecule has 0 aliphatic rings. The van der Waals surface area contributed by atoms with Crippen LogP contribution in [0.2, 0.25) is 0 Å². The Morgan fingerprint density at radius 2 is 1.26 bits per heavy atom. The predicted octanol–water partition coefficient (Wildman–Crippen LogP) is 7.64. The van der Waals surface area contributed by atoms with Crippen molar-refractivity contribution in [3.8, 4) is 11.1 Å². The molecule has 0 bridgehead atoms. The Morgan fingerprint density at radius 3 is 1.70 bits per heavy atom. The first kappa shape index (κ1) is 18.5. The molecule has 2 aromatic carbocycles. The molecule has 0 spiro atoms. The van der Waals surface area contributed by atoms with E-state index < -0.39 is 0 Å². The molecule has 2 aromatic rings. The maximum atomic E-state index is 2.57. The van der Waals surface area contributed by atoms with Crippen molar-refractivity contribution < 1.29 is 0 Å². The highest BCUT2D eigenvalue weighted by molar-refractivity contribution is 14.1. The minimum absolute atomic E-state index is 0.523. The van der Waals surface area contributed by atoms with Gasteiger partial charge < -0.3 is 0 Å². The van der Waals surface area contributed by atoms with Gasteiger partial charge in [-0.2, -0.15) is 0 Å². The van der Waals surface area contributed by atoms with Crippen molar-refractivity contribution in [1.29, 1.82) is 0 Å². The van der Waals surface area contributed by atoms with Crippen LogP contribution in [0.3, 0.4) is 0 Å². The fraction of sp³-hybridized carbons (Fsp3) is 0.455. The highest BCUT2D eigenvalue weighted by Crippen LogP contribution is 2.42. The predicted molar refractivity (Wildman–Crippen MR) is 112 cm³/mol. The van der Waals surface area contributed by atoms with E-state index in [9.17, 15) is 0 Å². The molecular formula is C22H29I. The molecule has 2 rings (SSSR count). The van der Waals surface area contributed by atoms with Gasteiger partial charge in [0.15, 0.2) is 0 Å². The lowest BCUT2D eigenvalue weighted by atomic mass is 9.81. The summed E-state index contributed by atoms with van der Waals surface area (Å²) >= 11 is 2.57. The molecule has 0 radical (unpaired) electrons. The monoisotopic (exact) mass is 420 g/mol. The Morgan fingerprint density at radius 1 is 0.739 bits per heavy atom. The number of hydrogen-bond donors (Lipinski definition) is 0. The van der Waals surface area contributed by atoms with Gasteiger partial charge in [-0.05, 0) is 75.1 Å². The Hall–Kier alpha value is -0.830. The molecule has 0 atom stereocenters. The molecule has 0 aromatic heterocycles. The average molecular weight is 420 g/mol. The van der Waals surface area contributed by atoms with E-state index in [1.54, 1.807) is 0 Å². The first-order chi connectivity index (χ1) is 10.7. The Bertz CT molecular complexity index is 676. The van der Waals surface area contributed by atoms with Crippen LogP contribution in [0.15, 0.2) is 30.3 Å². The molecule has 0 aliphatic heterocycles. The van der Waals surface area contributed by atoms with Crippen LogP contribution in [-0.4, -0.2) is 0 Å². The third-order valence-corrected chi connectivity index (χ3v) is 5.72. The molecule has 1 heteroatoms. The quantitative estimate of drug-likeness (QED) is 0.446. The summed E-state index contributed by atoms with van der Waals surface area (Å²) in [5, 5.41) is 0. The van der Waals surface area contributed by atoms with Gasteiger partial charge in [0.25, 0.3) is 0 Å². The van der Waals surface area contributed by atoms with Crippen molar-refractivity contribution >= 4 is 22.6 Å². The van der Waals surface area contributed by atoms with Crippen molar-refractivity contribution in [3.63, 3.8) is 0 Å². The lowest BCUT2D eigenvalue weighted by Gasteiger charge is -2.25. The SMILES string of the molecule is Cc1ccc(-c2c(C(C)C)cc(C(C)C)c(I)c2C(C)C)cc1. The van der Waals surface area contributed by atoms with Crippen molar-refractivity contribution in [1.82, 2.24) is 0 Å². The van der Waals surface area contributed by atoms with Crippen molar-refractivity contribution in [2.24, 2.45) is 0 Å². The van der Waals surface area contributed by atoms with E-state index in [1.165, 1.54) is 37.0 Å². The van der Waals surface area contributed by atoms with E-state index in [-0.39, 0.29) is 0 Å². The minimum atomic E-state index is 0.523. The molecule has 0 amide bonds. The van der Waals surface area contributed by atoms with Crippen molar-refractivity contribution in [2.75, 3.05) is 0 Å². The summed E-state index contributed by atoms with van der Waals surface area (Å²) in [6.07, 6.45) is 0. The Labute approximate surface area is 155 Å². The van der Waals surface area contributed by atoms with E-state index in [1.807, 2.05) is 0 Å². The summed E-state index contributed by atoms with van der Waals surface area (Å²) in [4.78, 5) is 0. The van der Waals surface area contributed by atoms with Crippen LogP contribution in [0, 0.1) is 10.5 Å². The van der Waals surface area contributed by atoms with Gasteiger partial charge in [-0.25, -0.2) is 0 Å². The number of halogens is 1. The third kappa shape index (κ3) is 3.81. The Balaban J connectivity index is 2.86. The zero-order valence-corrected chi connectivity index (χ0v) is 17.7. The van der Waals surface area contributed by atoms with Gasteiger partial charge >= 0.3 is 0 Å². The smallest absolute Gasteiger partial charge is 0.0206 e. The fourth-order valence-corrected chi connectivity index (χ4v) is 4.85. The van der Waals surface area contributed by atoms with Crippen LogP contribution in [0.25, 0.3) is 11.1 Å². The van der Waals surface area contributed by atoms with Gasteiger partial charge in [0, 0.05) is 3.57 Å². The normalized spacial score (nSPS) is 11.8. The van der Waals surface area contributed by atoms with Gasteiger partial charge in [0.2, 0.25) is 0 Å². The molecule has 0 saturated carbocycles. The first-order valence-corrected chi connectivity index (χ1v) is 9.75. The molecule has 0 N–H and O–H groups in total. The summed E-state index contributed by atoms with van der Waals surface area (Å²) in [5.41, 5.74) is 8.64. The minimum Gasteiger partial charge on any atom is -0.0587 e. The number of aryl methyl sites for hydroxylation is 1. The summed E-state index contributed by atoms with van der Waals surface area (Å²) in [7, 11) is 0. The van der Waals surface area contributed by atoms with Crippen molar-refractivity contribution in [2.45, 2.75) is 66.2 Å². The lowest BCUT2D eigenvalue weighted by molar-refractivity contribution is 0.799. The van der Waals surface area contributed by atoms with E-state index >= 15 is 0 Å². The second-order valence-corrected chi connectivity index (χ2v) is 8.57. The Kier molecular flexibility index (Phi) is 5.94. The van der Waals surface area contributed by atoms with Gasteiger partial charge in [-0.3, -0.25) is 0 Å². The van der Waals surface area contributed by atoms with Gasteiger partial charge in [-0.15, -0.1) is 0 Å². The molecular weight excluding hydrogens is 391 g/mol. The van der Waals surface area contributed by atoms with Crippen LogP contribution in [0.5, 0.6) is 0 Å². The van der Waals surface area contributed by atoms with Crippen LogP contribution in [0.1, 0.15) is 81.5 Å². The van der Waals surface area contributed by atoms with Gasteiger partial charge in [0.05, 0.1) is 0 Å². The standard InChI is InChI=1S/C22H29I/c1-13(2)18-12-19(14(3)4)22(23)20(15(5)6)21(18)17-10-8-16(7)9-11-17/h8-15H,1-7H3. The summed E-state index contributed by atoms with van der Waals surface area (Å²) in [6, 6.07) is 11.5. The largest absolute Gasteiger partial charge is 0.0587 e.